The Labute approximate surface area is 123 Å². The third-order valence-electron chi connectivity index (χ3n) is 3.24. The van der Waals surface area contributed by atoms with Gasteiger partial charge in [0, 0.05) is 3.57 Å². The van der Waals surface area contributed by atoms with Crippen molar-refractivity contribution in [1.29, 1.82) is 0 Å². The molecule has 2 aromatic rings. The van der Waals surface area contributed by atoms with Crippen LogP contribution in [-0.4, -0.2) is 7.05 Å². The Morgan fingerprint density at radius 2 is 1.67 bits per heavy atom. The number of aryl methyl sites for hydroxylation is 2. The Morgan fingerprint density at radius 3 is 2.28 bits per heavy atom. The molecule has 0 bridgehead atoms. The third-order valence-corrected chi connectivity index (χ3v) is 3.96. The molecular weight excluding hydrogens is 333 g/mol. The van der Waals surface area contributed by atoms with E-state index in [9.17, 15) is 0 Å². The first-order valence-electron chi connectivity index (χ1n) is 6.11. The Kier molecular flexibility index (Phi) is 4.40. The maximum atomic E-state index is 3.42. The van der Waals surface area contributed by atoms with Crippen molar-refractivity contribution in [2.45, 2.75) is 19.9 Å². The van der Waals surface area contributed by atoms with E-state index in [4.69, 9.17) is 0 Å². The molecule has 0 saturated carbocycles. The average molecular weight is 351 g/mol. The fraction of sp³-hybridized carbons (Fsp3) is 0.250. The van der Waals surface area contributed by atoms with Crippen LogP contribution in [0.5, 0.6) is 0 Å². The molecule has 0 fully saturated rings. The second kappa shape index (κ2) is 5.85. The van der Waals surface area contributed by atoms with E-state index in [1.165, 1.54) is 25.8 Å². The molecule has 18 heavy (non-hydrogen) atoms. The van der Waals surface area contributed by atoms with Crippen molar-refractivity contribution in [2.75, 3.05) is 7.05 Å². The highest BCUT2D eigenvalue weighted by Gasteiger charge is 2.14. The van der Waals surface area contributed by atoms with Gasteiger partial charge in [-0.15, -0.1) is 0 Å². The van der Waals surface area contributed by atoms with Gasteiger partial charge in [-0.25, -0.2) is 0 Å². The van der Waals surface area contributed by atoms with Gasteiger partial charge in [0.15, 0.2) is 0 Å². The second-order valence-electron chi connectivity index (χ2n) is 4.63. The minimum absolute atomic E-state index is 0.266. The number of hydrogen-bond donors (Lipinski definition) is 1. The number of halogens is 1. The van der Waals surface area contributed by atoms with Crippen LogP contribution in [0.25, 0.3) is 0 Å². The van der Waals surface area contributed by atoms with Crippen LogP contribution in [-0.2, 0) is 0 Å². The van der Waals surface area contributed by atoms with Gasteiger partial charge in [-0.05, 0) is 72.3 Å². The molecule has 0 heterocycles. The Morgan fingerprint density at radius 1 is 1.00 bits per heavy atom. The lowest BCUT2D eigenvalue weighted by Crippen LogP contribution is -2.18. The molecule has 0 aliphatic carbocycles. The van der Waals surface area contributed by atoms with Gasteiger partial charge >= 0.3 is 0 Å². The molecule has 0 amide bonds. The predicted molar refractivity (Wildman–Crippen MR) is 86.0 cm³/mol. The minimum atomic E-state index is 0.266. The van der Waals surface area contributed by atoms with Crippen molar-refractivity contribution in [2.24, 2.45) is 0 Å². The SMILES string of the molecule is CNC(c1ccc(I)cc1)c1cc(C)ccc1C. The van der Waals surface area contributed by atoms with E-state index < -0.39 is 0 Å². The fourth-order valence-corrected chi connectivity index (χ4v) is 2.59. The van der Waals surface area contributed by atoms with E-state index in [1.54, 1.807) is 0 Å². The molecule has 0 aromatic heterocycles. The highest BCUT2D eigenvalue weighted by Crippen LogP contribution is 2.26. The van der Waals surface area contributed by atoms with Gasteiger partial charge in [0.2, 0.25) is 0 Å². The van der Waals surface area contributed by atoms with Crippen molar-refractivity contribution in [3.8, 4) is 0 Å². The molecule has 1 atom stereocenters. The number of rotatable bonds is 3. The average Bonchev–Trinajstić information content (AvgIpc) is 2.37. The Balaban J connectivity index is 2.44. The lowest BCUT2D eigenvalue weighted by Gasteiger charge is -2.20. The monoisotopic (exact) mass is 351 g/mol. The van der Waals surface area contributed by atoms with Crippen LogP contribution in [0.1, 0.15) is 28.3 Å². The summed E-state index contributed by atoms with van der Waals surface area (Å²) in [6.45, 7) is 4.31. The summed E-state index contributed by atoms with van der Waals surface area (Å²) in [5.41, 5.74) is 5.31. The smallest absolute Gasteiger partial charge is 0.0577 e. The molecule has 2 aromatic carbocycles. The van der Waals surface area contributed by atoms with Gasteiger partial charge in [-0.3, -0.25) is 0 Å². The van der Waals surface area contributed by atoms with Crippen LogP contribution in [0.4, 0.5) is 0 Å². The molecule has 0 aliphatic heterocycles. The lowest BCUT2D eigenvalue weighted by atomic mass is 9.94. The fourth-order valence-electron chi connectivity index (χ4n) is 2.23. The van der Waals surface area contributed by atoms with Crippen LogP contribution >= 0.6 is 22.6 Å². The summed E-state index contributed by atoms with van der Waals surface area (Å²) in [5.74, 6) is 0. The summed E-state index contributed by atoms with van der Waals surface area (Å²) < 4.78 is 1.27. The van der Waals surface area contributed by atoms with E-state index in [1.807, 2.05) is 7.05 Å². The standard InChI is InChI=1S/C16H18IN/c1-11-4-5-12(2)15(10-11)16(18-3)13-6-8-14(17)9-7-13/h4-10,16,18H,1-3H3. The van der Waals surface area contributed by atoms with E-state index in [0.717, 1.165) is 0 Å². The first kappa shape index (κ1) is 13.6. The van der Waals surface area contributed by atoms with E-state index >= 15 is 0 Å². The molecule has 0 spiro atoms. The first-order chi connectivity index (χ1) is 8.61. The summed E-state index contributed by atoms with van der Waals surface area (Å²) in [4.78, 5) is 0. The van der Waals surface area contributed by atoms with E-state index in [2.05, 4.69) is 84.2 Å². The summed E-state index contributed by atoms with van der Waals surface area (Å²) in [6.07, 6.45) is 0. The largest absolute Gasteiger partial charge is 0.309 e. The van der Waals surface area contributed by atoms with E-state index in [0.29, 0.717) is 0 Å². The maximum Gasteiger partial charge on any atom is 0.0577 e. The van der Waals surface area contributed by atoms with Gasteiger partial charge in [0.05, 0.1) is 6.04 Å². The quantitative estimate of drug-likeness (QED) is 0.817. The van der Waals surface area contributed by atoms with Crippen molar-refractivity contribution >= 4 is 22.6 Å². The molecule has 94 valence electrons. The van der Waals surface area contributed by atoms with E-state index in [-0.39, 0.29) is 6.04 Å². The molecule has 0 aliphatic rings. The summed E-state index contributed by atoms with van der Waals surface area (Å²) in [7, 11) is 2.02. The Bertz CT molecular complexity index is 531. The van der Waals surface area contributed by atoms with Crippen LogP contribution in [0.15, 0.2) is 42.5 Å². The van der Waals surface area contributed by atoms with Crippen LogP contribution < -0.4 is 5.32 Å². The van der Waals surface area contributed by atoms with Gasteiger partial charge < -0.3 is 5.32 Å². The van der Waals surface area contributed by atoms with Crippen LogP contribution in [0.3, 0.4) is 0 Å². The number of hydrogen-bond acceptors (Lipinski definition) is 1. The molecule has 2 rings (SSSR count). The molecule has 1 nitrogen and oxygen atoms in total. The van der Waals surface area contributed by atoms with Gasteiger partial charge in [-0.1, -0.05) is 35.9 Å². The van der Waals surface area contributed by atoms with Crippen LogP contribution in [0.2, 0.25) is 0 Å². The molecule has 1 unspecified atom stereocenters. The van der Waals surface area contributed by atoms with Crippen molar-refractivity contribution < 1.29 is 0 Å². The Hall–Kier alpha value is -0.870. The molecule has 0 saturated heterocycles. The van der Waals surface area contributed by atoms with Crippen LogP contribution in [0, 0.1) is 17.4 Å². The molecule has 2 heteroatoms. The minimum Gasteiger partial charge on any atom is -0.309 e. The zero-order chi connectivity index (χ0) is 13.1. The molecule has 0 radical (unpaired) electrons. The van der Waals surface area contributed by atoms with Gasteiger partial charge in [-0.2, -0.15) is 0 Å². The molecular formula is C16H18IN. The predicted octanol–water partition coefficient (Wildman–Crippen LogP) is 4.22. The van der Waals surface area contributed by atoms with Crippen molar-refractivity contribution in [3.05, 3.63) is 68.3 Å². The number of nitrogens with one attached hydrogen (secondary N) is 1. The normalized spacial score (nSPS) is 12.4. The molecule has 1 N–H and O–H groups in total. The summed E-state index contributed by atoms with van der Waals surface area (Å²) >= 11 is 2.34. The summed E-state index contributed by atoms with van der Waals surface area (Å²) in [5, 5.41) is 3.42. The third kappa shape index (κ3) is 2.93. The zero-order valence-electron chi connectivity index (χ0n) is 11.0. The highest BCUT2D eigenvalue weighted by molar-refractivity contribution is 14.1. The highest BCUT2D eigenvalue weighted by atomic mass is 127. The topological polar surface area (TPSA) is 12.0 Å². The number of benzene rings is 2. The first-order valence-corrected chi connectivity index (χ1v) is 7.19. The van der Waals surface area contributed by atoms with Gasteiger partial charge in [0.25, 0.3) is 0 Å². The van der Waals surface area contributed by atoms with Crippen molar-refractivity contribution in [1.82, 2.24) is 5.32 Å². The van der Waals surface area contributed by atoms with Crippen molar-refractivity contribution in [3.63, 3.8) is 0 Å². The lowest BCUT2D eigenvalue weighted by molar-refractivity contribution is 0.687. The maximum absolute atomic E-state index is 3.42. The van der Waals surface area contributed by atoms with Gasteiger partial charge in [0.1, 0.15) is 0 Å². The summed E-state index contributed by atoms with van der Waals surface area (Å²) in [6, 6.07) is 15.6. The second-order valence-corrected chi connectivity index (χ2v) is 5.88. The zero-order valence-corrected chi connectivity index (χ0v) is 13.2.